The van der Waals surface area contributed by atoms with Gasteiger partial charge in [-0.3, -0.25) is 0 Å². The molecule has 2 heteroatoms. The van der Waals surface area contributed by atoms with Crippen molar-refractivity contribution in [1.82, 2.24) is 0 Å². The van der Waals surface area contributed by atoms with Crippen molar-refractivity contribution in [1.29, 1.82) is 0 Å². The molecule has 15 heavy (non-hydrogen) atoms. The van der Waals surface area contributed by atoms with Gasteiger partial charge in [0.25, 0.3) is 0 Å². The van der Waals surface area contributed by atoms with E-state index in [1.54, 1.807) is 0 Å². The minimum absolute atomic E-state index is 0.186. The van der Waals surface area contributed by atoms with Gasteiger partial charge in [0.1, 0.15) is 0 Å². The van der Waals surface area contributed by atoms with Crippen molar-refractivity contribution in [2.75, 3.05) is 0 Å². The van der Waals surface area contributed by atoms with Crippen molar-refractivity contribution in [2.24, 2.45) is 0 Å². The molecule has 1 aliphatic rings. The molecule has 1 heterocycles. The Morgan fingerprint density at radius 3 is 2.87 bits per heavy atom. The van der Waals surface area contributed by atoms with Crippen LogP contribution in [0.4, 0.5) is 0 Å². The van der Waals surface area contributed by atoms with Crippen LogP contribution in [0.5, 0.6) is 0 Å². The molecule has 0 fully saturated rings. The molecule has 0 aromatic heterocycles. The van der Waals surface area contributed by atoms with Gasteiger partial charge in [-0.15, -0.1) is 0 Å². The lowest BCUT2D eigenvalue weighted by Gasteiger charge is -2.23. The molecule has 0 saturated carbocycles. The lowest BCUT2D eigenvalue weighted by Crippen LogP contribution is -2.23. The summed E-state index contributed by atoms with van der Waals surface area (Å²) in [5.41, 5.74) is 1.17. The van der Waals surface area contributed by atoms with Crippen LogP contribution >= 0.6 is 0 Å². The van der Waals surface area contributed by atoms with Crippen LogP contribution in [0.1, 0.15) is 18.9 Å². The highest BCUT2D eigenvalue weighted by atomic mass is 16.7. The van der Waals surface area contributed by atoms with E-state index in [1.807, 2.05) is 24.3 Å². The van der Waals surface area contributed by atoms with E-state index in [4.69, 9.17) is 9.47 Å². The highest BCUT2D eigenvalue weighted by Gasteiger charge is 2.14. The van der Waals surface area contributed by atoms with Gasteiger partial charge in [-0.25, -0.2) is 0 Å². The number of ether oxygens (including phenoxy) is 2. The molecule has 0 spiro atoms. The molecule has 2 nitrogen and oxygen atoms in total. The first-order chi connectivity index (χ1) is 7.34. The van der Waals surface area contributed by atoms with Crippen molar-refractivity contribution in [3.63, 3.8) is 0 Å². The first-order valence-electron chi connectivity index (χ1n) is 5.32. The maximum Gasteiger partial charge on any atom is 0.177 e. The molecule has 2 atom stereocenters. The Hall–Kier alpha value is -1.12. The molecule has 0 unspecified atom stereocenters. The highest BCUT2D eigenvalue weighted by molar-refractivity contribution is 5.13. The van der Waals surface area contributed by atoms with E-state index in [1.165, 1.54) is 5.56 Å². The van der Waals surface area contributed by atoms with Crippen LogP contribution < -0.4 is 0 Å². The molecule has 0 saturated heterocycles. The molecule has 1 aromatic rings. The molecular weight excluding hydrogens is 188 g/mol. The van der Waals surface area contributed by atoms with Crippen LogP contribution in [0, 0.1) is 0 Å². The van der Waals surface area contributed by atoms with Crippen LogP contribution in [-0.4, -0.2) is 12.4 Å². The van der Waals surface area contributed by atoms with E-state index in [0.29, 0.717) is 6.61 Å². The second kappa shape index (κ2) is 5.10. The number of rotatable bonds is 3. The Labute approximate surface area is 90.5 Å². The Bertz CT molecular complexity index is 319. The monoisotopic (exact) mass is 204 g/mol. The van der Waals surface area contributed by atoms with Gasteiger partial charge in [-0.2, -0.15) is 0 Å². The van der Waals surface area contributed by atoms with Crippen molar-refractivity contribution >= 4 is 0 Å². The first kappa shape index (κ1) is 10.4. The van der Waals surface area contributed by atoms with Gasteiger partial charge in [0.05, 0.1) is 12.7 Å². The normalized spacial score (nSPS) is 25.4. The highest BCUT2D eigenvalue weighted by Crippen LogP contribution is 2.14. The fourth-order valence-electron chi connectivity index (χ4n) is 1.56. The van der Waals surface area contributed by atoms with Crippen LogP contribution in [0.2, 0.25) is 0 Å². The summed E-state index contributed by atoms with van der Waals surface area (Å²) >= 11 is 0. The Morgan fingerprint density at radius 2 is 2.13 bits per heavy atom. The maximum atomic E-state index is 5.63. The van der Waals surface area contributed by atoms with Crippen molar-refractivity contribution in [3.05, 3.63) is 48.0 Å². The first-order valence-corrected chi connectivity index (χ1v) is 5.32. The SMILES string of the molecule is C[C@@H]1CC=C[C@@H](OCc2ccccc2)O1. The van der Waals surface area contributed by atoms with Gasteiger partial charge in [-0.05, 0) is 25.0 Å². The van der Waals surface area contributed by atoms with E-state index in [-0.39, 0.29) is 12.4 Å². The van der Waals surface area contributed by atoms with Crippen LogP contribution in [0.15, 0.2) is 42.5 Å². The summed E-state index contributed by atoms with van der Waals surface area (Å²) in [6, 6.07) is 10.1. The Morgan fingerprint density at radius 1 is 1.33 bits per heavy atom. The minimum atomic E-state index is -0.186. The molecule has 2 rings (SSSR count). The second-order valence-corrected chi connectivity index (χ2v) is 3.78. The van der Waals surface area contributed by atoms with Crippen molar-refractivity contribution < 1.29 is 9.47 Å². The third-order valence-corrected chi connectivity index (χ3v) is 2.38. The number of benzene rings is 1. The second-order valence-electron chi connectivity index (χ2n) is 3.78. The number of hydrogen-bond donors (Lipinski definition) is 0. The van der Waals surface area contributed by atoms with E-state index < -0.39 is 0 Å². The lowest BCUT2D eigenvalue weighted by molar-refractivity contribution is -0.149. The van der Waals surface area contributed by atoms with Gasteiger partial charge in [0.15, 0.2) is 6.29 Å². The van der Waals surface area contributed by atoms with Gasteiger partial charge in [0.2, 0.25) is 0 Å². The van der Waals surface area contributed by atoms with Gasteiger partial charge in [-0.1, -0.05) is 36.4 Å². The van der Waals surface area contributed by atoms with Gasteiger partial charge < -0.3 is 9.47 Å². The zero-order chi connectivity index (χ0) is 10.5. The quantitative estimate of drug-likeness (QED) is 0.705. The summed E-state index contributed by atoms with van der Waals surface area (Å²) < 4.78 is 11.2. The lowest BCUT2D eigenvalue weighted by atomic mass is 10.2. The third kappa shape index (κ3) is 3.18. The van der Waals surface area contributed by atoms with Crippen LogP contribution in [0.25, 0.3) is 0 Å². The van der Waals surface area contributed by atoms with Crippen LogP contribution in [0.3, 0.4) is 0 Å². The molecule has 1 aromatic carbocycles. The van der Waals surface area contributed by atoms with E-state index >= 15 is 0 Å². The zero-order valence-electron chi connectivity index (χ0n) is 8.93. The topological polar surface area (TPSA) is 18.5 Å². The fourth-order valence-corrected chi connectivity index (χ4v) is 1.56. The Balaban J connectivity index is 1.83. The van der Waals surface area contributed by atoms with Crippen molar-refractivity contribution in [3.8, 4) is 0 Å². The minimum Gasteiger partial charge on any atom is -0.346 e. The Kier molecular flexibility index (Phi) is 3.54. The standard InChI is InChI=1S/C13H16O2/c1-11-6-5-9-13(15-11)14-10-12-7-3-2-4-8-12/h2-5,7-9,11,13H,6,10H2,1H3/t11-,13+/m1/s1. The maximum absolute atomic E-state index is 5.63. The molecule has 0 aliphatic carbocycles. The van der Waals surface area contributed by atoms with Gasteiger partial charge in [0, 0.05) is 0 Å². The molecule has 1 aliphatic heterocycles. The molecule has 0 amide bonds. The van der Waals surface area contributed by atoms with E-state index in [0.717, 1.165) is 6.42 Å². The zero-order valence-corrected chi connectivity index (χ0v) is 8.93. The molecular formula is C13H16O2. The smallest absolute Gasteiger partial charge is 0.177 e. The molecule has 0 radical (unpaired) electrons. The summed E-state index contributed by atoms with van der Waals surface area (Å²) in [4.78, 5) is 0. The van der Waals surface area contributed by atoms with E-state index in [9.17, 15) is 0 Å². The molecule has 0 N–H and O–H groups in total. The summed E-state index contributed by atoms with van der Waals surface area (Å²) in [5.74, 6) is 0. The molecule has 0 bridgehead atoms. The fraction of sp³-hybridized carbons (Fsp3) is 0.385. The van der Waals surface area contributed by atoms with E-state index in [2.05, 4.69) is 25.1 Å². The summed E-state index contributed by atoms with van der Waals surface area (Å²) in [6.07, 6.45) is 5.14. The average molecular weight is 204 g/mol. The predicted molar refractivity (Wildman–Crippen MR) is 59.3 cm³/mol. The number of hydrogen-bond acceptors (Lipinski definition) is 2. The largest absolute Gasteiger partial charge is 0.346 e. The molecule has 80 valence electrons. The third-order valence-electron chi connectivity index (χ3n) is 2.38. The summed E-state index contributed by atoms with van der Waals surface area (Å²) in [7, 11) is 0. The van der Waals surface area contributed by atoms with Gasteiger partial charge >= 0.3 is 0 Å². The van der Waals surface area contributed by atoms with Crippen LogP contribution in [-0.2, 0) is 16.1 Å². The average Bonchev–Trinajstić information content (AvgIpc) is 2.28. The summed E-state index contributed by atoms with van der Waals surface area (Å²) in [6.45, 7) is 2.66. The predicted octanol–water partition coefficient (Wildman–Crippen LogP) is 2.89. The summed E-state index contributed by atoms with van der Waals surface area (Å²) in [5, 5.41) is 0. The van der Waals surface area contributed by atoms with Crippen molar-refractivity contribution in [2.45, 2.75) is 32.3 Å².